The Kier molecular flexibility index (Phi) is 5.85. The molecule has 1 amide bonds. The molecule has 6 nitrogen and oxygen atoms in total. The first-order chi connectivity index (χ1) is 12.6. The molecule has 0 saturated heterocycles. The highest BCUT2D eigenvalue weighted by Gasteiger charge is 2.10. The van der Waals surface area contributed by atoms with E-state index in [1.807, 2.05) is 17.5 Å². The molecule has 2 heterocycles. The number of amides is 1. The zero-order chi connectivity index (χ0) is 18.4. The van der Waals surface area contributed by atoms with Crippen LogP contribution < -0.4 is 10.9 Å². The summed E-state index contributed by atoms with van der Waals surface area (Å²) in [4.78, 5) is 27.8. The third-order valence-corrected chi connectivity index (χ3v) is 4.66. The lowest BCUT2D eigenvalue weighted by atomic mass is 10.2. The van der Waals surface area contributed by atoms with E-state index in [9.17, 15) is 14.0 Å². The van der Waals surface area contributed by atoms with Crippen LogP contribution in [0.4, 0.5) is 4.39 Å². The van der Waals surface area contributed by atoms with Crippen LogP contribution in [0.25, 0.3) is 11.4 Å². The minimum atomic E-state index is -0.425. The van der Waals surface area contributed by atoms with Crippen LogP contribution in [-0.4, -0.2) is 27.6 Å². The predicted molar refractivity (Wildman–Crippen MR) is 97.4 cm³/mol. The molecule has 0 fully saturated rings. The van der Waals surface area contributed by atoms with Gasteiger partial charge in [0.05, 0.1) is 0 Å². The van der Waals surface area contributed by atoms with E-state index in [2.05, 4.69) is 20.5 Å². The second-order valence-electron chi connectivity index (χ2n) is 5.64. The number of halogens is 1. The molecular formula is C18H17FN4O2S. The number of hydrogen-bond acceptors (Lipinski definition) is 5. The third-order valence-electron chi connectivity index (χ3n) is 3.73. The molecule has 0 atom stereocenters. The SMILES string of the molecule is O=C(CCc1nnc(-c2cccc(F)c2)[nH]c1=O)NCCc1cccs1. The molecule has 0 aliphatic carbocycles. The number of aryl methyl sites for hydroxylation is 1. The van der Waals surface area contributed by atoms with Crippen molar-refractivity contribution in [2.75, 3.05) is 6.54 Å². The molecule has 2 aromatic heterocycles. The van der Waals surface area contributed by atoms with E-state index >= 15 is 0 Å². The number of nitrogens with zero attached hydrogens (tertiary/aromatic N) is 2. The number of carbonyl (C=O) groups is 1. The van der Waals surface area contributed by atoms with Crippen molar-refractivity contribution >= 4 is 17.2 Å². The number of aromatic amines is 1. The second kappa shape index (κ2) is 8.48. The van der Waals surface area contributed by atoms with Gasteiger partial charge in [-0.05, 0) is 30.0 Å². The Hall–Kier alpha value is -2.87. The smallest absolute Gasteiger partial charge is 0.273 e. The maximum absolute atomic E-state index is 13.2. The zero-order valence-electron chi connectivity index (χ0n) is 13.9. The number of rotatable bonds is 7. The van der Waals surface area contributed by atoms with Gasteiger partial charge in [-0.3, -0.25) is 9.59 Å². The van der Waals surface area contributed by atoms with Crippen LogP contribution in [0.3, 0.4) is 0 Å². The van der Waals surface area contributed by atoms with Crippen molar-refractivity contribution in [1.29, 1.82) is 0 Å². The molecule has 0 saturated carbocycles. The highest BCUT2D eigenvalue weighted by atomic mass is 32.1. The second-order valence-corrected chi connectivity index (χ2v) is 6.67. The van der Waals surface area contributed by atoms with Gasteiger partial charge in [0.15, 0.2) is 5.82 Å². The topological polar surface area (TPSA) is 87.7 Å². The van der Waals surface area contributed by atoms with Gasteiger partial charge in [-0.1, -0.05) is 18.2 Å². The van der Waals surface area contributed by atoms with E-state index in [0.29, 0.717) is 12.1 Å². The van der Waals surface area contributed by atoms with Crippen LogP contribution in [0.2, 0.25) is 0 Å². The minimum absolute atomic E-state index is 0.142. The highest BCUT2D eigenvalue weighted by Crippen LogP contribution is 2.13. The quantitative estimate of drug-likeness (QED) is 0.666. The summed E-state index contributed by atoms with van der Waals surface area (Å²) in [7, 11) is 0. The number of aromatic nitrogens is 3. The molecule has 2 N–H and O–H groups in total. The fraction of sp³-hybridized carbons (Fsp3) is 0.222. The van der Waals surface area contributed by atoms with Gasteiger partial charge in [0, 0.05) is 29.8 Å². The normalized spacial score (nSPS) is 10.7. The van der Waals surface area contributed by atoms with Crippen molar-refractivity contribution in [3.05, 3.63) is 68.5 Å². The van der Waals surface area contributed by atoms with Gasteiger partial charge >= 0.3 is 0 Å². The van der Waals surface area contributed by atoms with Crippen molar-refractivity contribution in [1.82, 2.24) is 20.5 Å². The standard InChI is InChI=1S/C18H17FN4O2S/c19-13-4-1-3-12(11-13)17-21-18(25)15(22-23-17)6-7-16(24)20-9-8-14-5-2-10-26-14/h1-5,10-11H,6-9H2,(H,20,24)(H,21,23,25). The fourth-order valence-electron chi connectivity index (χ4n) is 2.39. The maximum Gasteiger partial charge on any atom is 0.273 e. The third kappa shape index (κ3) is 4.82. The summed E-state index contributed by atoms with van der Waals surface area (Å²) in [6.07, 6.45) is 1.13. The average molecular weight is 372 g/mol. The number of hydrogen-bond donors (Lipinski definition) is 2. The summed E-state index contributed by atoms with van der Waals surface area (Å²) in [6.45, 7) is 0.555. The first-order valence-electron chi connectivity index (χ1n) is 8.13. The van der Waals surface area contributed by atoms with Gasteiger partial charge in [0.1, 0.15) is 11.5 Å². The number of carbonyl (C=O) groups excluding carboxylic acids is 1. The molecule has 0 radical (unpaired) electrons. The molecule has 0 aliphatic heterocycles. The summed E-state index contributed by atoms with van der Waals surface area (Å²) in [5.41, 5.74) is 0.191. The summed E-state index contributed by atoms with van der Waals surface area (Å²) >= 11 is 1.65. The van der Waals surface area contributed by atoms with E-state index in [-0.39, 0.29) is 30.3 Å². The van der Waals surface area contributed by atoms with Crippen LogP contribution in [-0.2, 0) is 17.6 Å². The summed E-state index contributed by atoms with van der Waals surface area (Å²) < 4.78 is 13.2. The van der Waals surface area contributed by atoms with E-state index in [1.165, 1.54) is 23.1 Å². The monoisotopic (exact) mass is 372 g/mol. The largest absolute Gasteiger partial charge is 0.356 e. The van der Waals surface area contributed by atoms with Crippen molar-refractivity contribution in [3.63, 3.8) is 0 Å². The van der Waals surface area contributed by atoms with Gasteiger partial charge in [-0.25, -0.2) is 4.39 Å². The molecule has 0 spiro atoms. The van der Waals surface area contributed by atoms with Crippen molar-refractivity contribution in [2.45, 2.75) is 19.3 Å². The molecule has 0 bridgehead atoms. The highest BCUT2D eigenvalue weighted by molar-refractivity contribution is 7.09. The first kappa shape index (κ1) is 17.9. The number of thiophene rings is 1. The van der Waals surface area contributed by atoms with Gasteiger partial charge in [0.2, 0.25) is 5.91 Å². The lowest BCUT2D eigenvalue weighted by Gasteiger charge is -2.04. The van der Waals surface area contributed by atoms with Crippen molar-refractivity contribution in [2.24, 2.45) is 0 Å². The van der Waals surface area contributed by atoms with Gasteiger partial charge in [0.25, 0.3) is 5.56 Å². The number of H-pyrrole nitrogens is 1. The molecular weight excluding hydrogens is 355 g/mol. The Morgan fingerprint density at radius 2 is 2.08 bits per heavy atom. The van der Waals surface area contributed by atoms with Crippen LogP contribution in [0.15, 0.2) is 46.6 Å². The lowest BCUT2D eigenvalue weighted by Crippen LogP contribution is -2.27. The van der Waals surface area contributed by atoms with Gasteiger partial charge < -0.3 is 10.3 Å². The first-order valence-corrected chi connectivity index (χ1v) is 9.00. The van der Waals surface area contributed by atoms with Crippen LogP contribution in [0.1, 0.15) is 17.0 Å². The minimum Gasteiger partial charge on any atom is -0.356 e. The summed E-state index contributed by atoms with van der Waals surface area (Å²) in [5.74, 6) is -0.371. The van der Waals surface area contributed by atoms with Crippen LogP contribution in [0, 0.1) is 5.82 Å². The molecule has 3 aromatic rings. The molecule has 26 heavy (non-hydrogen) atoms. The van der Waals surface area contributed by atoms with Gasteiger partial charge in [-0.2, -0.15) is 0 Å². The Morgan fingerprint density at radius 3 is 2.81 bits per heavy atom. The molecule has 1 aromatic carbocycles. The Labute approximate surface area is 153 Å². The number of benzene rings is 1. The van der Waals surface area contributed by atoms with E-state index in [1.54, 1.807) is 17.4 Å². The maximum atomic E-state index is 13.2. The Bertz CT molecular complexity index is 940. The fourth-order valence-corrected chi connectivity index (χ4v) is 3.10. The van der Waals surface area contributed by atoms with E-state index in [0.717, 1.165) is 6.42 Å². The summed E-state index contributed by atoms with van der Waals surface area (Å²) in [5, 5.41) is 12.6. The molecule has 3 rings (SSSR count). The van der Waals surface area contributed by atoms with E-state index in [4.69, 9.17) is 0 Å². The zero-order valence-corrected chi connectivity index (χ0v) is 14.7. The molecule has 134 valence electrons. The van der Waals surface area contributed by atoms with Gasteiger partial charge in [-0.15, -0.1) is 21.5 Å². The van der Waals surface area contributed by atoms with Crippen molar-refractivity contribution in [3.8, 4) is 11.4 Å². The number of nitrogens with one attached hydrogen (secondary N) is 2. The predicted octanol–water partition coefficient (Wildman–Crippen LogP) is 2.32. The lowest BCUT2D eigenvalue weighted by molar-refractivity contribution is -0.121. The van der Waals surface area contributed by atoms with Crippen molar-refractivity contribution < 1.29 is 9.18 Å². The van der Waals surface area contributed by atoms with Crippen LogP contribution in [0.5, 0.6) is 0 Å². The Balaban J connectivity index is 1.53. The summed E-state index contributed by atoms with van der Waals surface area (Å²) in [6, 6.07) is 9.72. The molecule has 0 aliphatic rings. The van der Waals surface area contributed by atoms with Crippen LogP contribution >= 0.6 is 11.3 Å². The van der Waals surface area contributed by atoms with E-state index < -0.39 is 11.4 Å². The average Bonchev–Trinajstić information content (AvgIpc) is 3.14. The Morgan fingerprint density at radius 1 is 1.19 bits per heavy atom. The molecule has 8 heteroatoms. The molecule has 0 unspecified atom stereocenters.